The largest absolute Gasteiger partial charge is 0.481 e. The van der Waals surface area contributed by atoms with Gasteiger partial charge in [0.1, 0.15) is 5.75 Å². The fraction of sp³-hybridized carbons (Fsp3) is 0.611. The highest BCUT2D eigenvalue weighted by molar-refractivity contribution is 7.89. The summed E-state index contributed by atoms with van der Waals surface area (Å²) in [4.78, 5) is 12.1. The standard InChI is InChI=1S/C18H30N2O4S/c1-13(2)10-11-20-25(22,23)17-8-6-16(7-9-17)24-15(5)18(21)19-12-14(3)4/h6-9,13-15,20H,10-12H2,1-5H3,(H,19,21)/t15-/m1/s1. The summed E-state index contributed by atoms with van der Waals surface area (Å²) in [6.45, 7) is 10.8. The second kappa shape index (κ2) is 9.77. The van der Waals surface area contributed by atoms with E-state index in [1.807, 2.05) is 27.7 Å². The molecule has 0 aromatic heterocycles. The van der Waals surface area contributed by atoms with Gasteiger partial charge in [0.2, 0.25) is 10.0 Å². The van der Waals surface area contributed by atoms with Crippen molar-refractivity contribution in [2.24, 2.45) is 11.8 Å². The van der Waals surface area contributed by atoms with E-state index in [4.69, 9.17) is 4.74 Å². The Balaban J connectivity index is 2.62. The van der Waals surface area contributed by atoms with Crippen LogP contribution in [0.25, 0.3) is 0 Å². The van der Waals surface area contributed by atoms with E-state index in [0.717, 1.165) is 6.42 Å². The highest BCUT2D eigenvalue weighted by atomic mass is 32.2. The molecule has 0 aliphatic carbocycles. The van der Waals surface area contributed by atoms with E-state index >= 15 is 0 Å². The maximum atomic E-state index is 12.2. The first-order chi connectivity index (χ1) is 11.6. The van der Waals surface area contributed by atoms with Crippen molar-refractivity contribution < 1.29 is 17.9 Å². The molecule has 1 amide bonds. The molecule has 7 heteroatoms. The monoisotopic (exact) mass is 370 g/mol. The molecule has 25 heavy (non-hydrogen) atoms. The minimum atomic E-state index is -3.52. The van der Waals surface area contributed by atoms with Crippen molar-refractivity contribution in [2.75, 3.05) is 13.1 Å². The summed E-state index contributed by atoms with van der Waals surface area (Å²) in [5.41, 5.74) is 0. The van der Waals surface area contributed by atoms with Gasteiger partial charge in [-0.2, -0.15) is 0 Å². The Morgan fingerprint density at radius 3 is 2.16 bits per heavy atom. The third-order valence-corrected chi connectivity index (χ3v) is 4.99. The molecule has 0 aliphatic rings. The molecule has 1 rings (SSSR count). The molecule has 142 valence electrons. The molecule has 0 saturated heterocycles. The maximum Gasteiger partial charge on any atom is 0.260 e. The van der Waals surface area contributed by atoms with Crippen LogP contribution < -0.4 is 14.8 Å². The van der Waals surface area contributed by atoms with Crippen LogP contribution in [0.3, 0.4) is 0 Å². The number of carbonyl (C=O) groups excluding carboxylic acids is 1. The fourth-order valence-electron chi connectivity index (χ4n) is 1.97. The molecule has 0 saturated carbocycles. The number of benzene rings is 1. The molecule has 0 bridgehead atoms. The average Bonchev–Trinajstić information content (AvgIpc) is 2.52. The van der Waals surface area contributed by atoms with Crippen LogP contribution in [0.1, 0.15) is 41.0 Å². The first-order valence-corrected chi connectivity index (χ1v) is 10.1. The number of rotatable bonds is 10. The Kier molecular flexibility index (Phi) is 8.38. The Hall–Kier alpha value is -1.60. The van der Waals surface area contributed by atoms with Crippen molar-refractivity contribution >= 4 is 15.9 Å². The van der Waals surface area contributed by atoms with Gasteiger partial charge in [0, 0.05) is 13.1 Å². The van der Waals surface area contributed by atoms with Gasteiger partial charge in [-0.3, -0.25) is 4.79 Å². The van der Waals surface area contributed by atoms with Crippen molar-refractivity contribution in [1.29, 1.82) is 0 Å². The Morgan fingerprint density at radius 1 is 1.04 bits per heavy atom. The molecule has 0 unspecified atom stereocenters. The molecule has 1 aromatic carbocycles. The first-order valence-electron chi connectivity index (χ1n) is 8.66. The number of amides is 1. The molecule has 1 aromatic rings. The lowest BCUT2D eigenvalue weighted by Gasteiger charge is -2.16. The van der Waals surface area contributed by atoms with Gasteiger partial charge >= 0.3 is 0 Å². The van der Waals surface area contributed by atoms with Crippen LogP contribution in [0.15, 0.2) is 29.2 Å². The molecule has 0 spiro atoms. The molecule has 6 nitrogen and oxygen atoms in total. The first kappa shape index (κ1) is 21.4. The van der Waals surface area contributed by atoms with Crippen molar-refractivity contribution in [3.8, 4) is 5.75 Å². The Labute approximate surface area is 151 Å². The molecule has 2 N–H and O–H groups in total. The van der Waals surface area contributed by atoms with Crippen molar-refractivity contribution in [1.82, 2.24) is 10.0 Å². The molecule has 1 atom stereocenters. The van der Waals surface area contributed by atoms with Crippen LogP contribution >= 0.6 is 0 Å². The smallest absolute Gasteiger partial charge is 0.260 e. The second-order valence-electron chi connectivity index (χ2n) is 6.95. The summed E-state index contributed by atoms with van der Waals surface area (Å²) in [5.74, 6) is 1.06. The lowest BCUT2D eigenvalue weighted by Crippen LogP contribution is -2.38. The highest BCUT2D eigenvalue weighted by Gasteiger charge is 2.16. The molecule has 0 radical (unpaired) electrons. The summed E-state index contributed by atoms with van der Waals surface area (Å²) < 4.78 is 32.5. The maximum absolute atomic E-state index is 12.2. The third-order valence-electron chi connectivity index (χ3n) is 3.51. The van der Waals surface area contributed by atoms with Gasteiger partial charge in [-0.1, -0.05) is 27.7 Å². The molecular formula is C18H30N2O4S. The quantitative estimate of drug-likeness (QED) is 0.663. The van der Waals surface area contributed by atoms with Crippen LogP contribution in [0.2, 0.25) is 0 Å². The van der Waals surface area contributed by atoms with Crippen LogP contribution in [-0.2, 0) is 14.8 Å². The minimum Gasteiger partial charge on any atom is -0.481 e. The molecule has 0 heterocycles. The van der Waals surface area contributed by atoms with Crippen LogP contribution in [-0.4, -0.2) is 33.5 Å². The van der Waals surface area contributed by atoms with E-state index in [2.05, 4.69) is 10.0 Å². The molecule has 0 fully saturated rings. The van der Waals surface area contributed by atoms with Gasteiger partial charge in [0.05, 0.1) is 4.90 Å². The predicted molar refractivity (Wildman–Crippen MR) is 99.0 cm³/mol. The number of ether oxygens (including phenoxy) is 1. The van der Waals surface area contributed by atoms with E-state index in [1.54, 1.807) is 19.1 Å². The summed E-state index contributed by atoms with van der Waals surface area (Å²) in [5, 5.41) is 2.80. The lowest BCUT2D eigenvalue weighted by molar-refractivity contribution is -0.127. The van der Waals surface area contributed by atoms with Gasteiger partial charge < -0.3 is 10.1 Å². The topological polar surface area (TPSA) is 84.5 Å². The zero-order valence-corrected chi connectivity index (χ0v) is 16.5. The SMILES string of the molecule is CC(C)CCNS(=O)(=O)c1ccc(O[C@H](C)C(=O)NCC(C)C)cc1. The van der Waals surface area contributed by atoms with E-state index in [0.29, 0.717) is 30.7 Å². The van der Waals surface area contributed by atoms with Gasteiger partial charge in [-0.25, -0.2) is 13.1 Å². The number of nitrogens with one attached hydrogen (secondary N) is 2. The van der Waals surface area contributed by atoms with E-state index < -0.39 is 16.1 Å². The van der Waals surface area contributed by atoms with Crippen LogP contribution in [0.4, 0.5) is 0 Å². The predicted octanol–water partition coefficient (Wildman–Crippen LogP) is 2.55. The normalized spacial score (nSPS) is 13.1. The zero-order valence-electron chi connectivity index (χ0n) is 15.7. The summed E-state index contributed by atoms with van der Waals surface area (Å²) in [6.07, 6.45) is 0.133. The molecular weight excluding hydrogens is 340 g/mol. The average molecular weight is 371 g/mol. The Bertz CT molecular complexity index is 640. The number of carbonyl (C=O) groups is 1. The zero-order chi connectivity index (χ0) is 19.0. The lowest BCUT2D eigenvalue weighted by atomic mass is 10.1. The van der Waals surface area contributed by atoms with Gasteiger partial charge in [-0.05, 0) is 49.4 Å². The van der Waals surface area contributed by atoms with E-state index in [-0.39, 0.29) is 10.8 Å². The summed E-state index contributed by atoms with van der Waals surface area (Å²) >= 11 is 0. The number of hydrogen-bond acceptors (Lipinski definition) is 4. The Morgan fingerprint density at radius 2 is 1.64 bits per heavy atom. The van der Waals surface area contributed by atoms with E-state index in [9.17, 15) is 13.2 Å². The highest BCUT2D eigenvalue weighted by Crippen LogP contribution is 2.17. The van der Waals surface area contributed by atoms with Gasteiger partial charge in [-0.15, -0.1) is 0 Å². The minimum absolute atomic E-state index is 0.181. The van der Waals surface area contributed by atoms with E-state index in [1.165, 1.54) is 12.1 Å². The second-order valence-corrected chi connectivity index (χ2v) is 8.72. The van der Waals surface area contributed by atoms with Crippen molar-refractivity contribution in [3.63, 3.8) is 0 Å². The number of sulfonamides is 1. The van der Waals surface area contributed by atoms with Crippen molar-refractivity contribution in [2.45, 2.75) is 52.0 Å². The summed E-state index contributed by atoms with van der Waals surface area (Å²) in [7, 11) is -3.52. The fourth-order valence-corrected chi connectivity index (χ4v) is 3.02. The van der Waals surface area contributed by atoms with Crippen LogP contribution in [0.5, 0.6) is 5.75 Å². The van der Waals surface area contributed by atoms with Crippen molar-refractivity contribution in [3.05, 3.63) is 24.3 Å². The summed E-state index contributed by atoms with van der Waals surface area (Å²) in [6, 6.07) is 6.07. The number of hydrogen-bond donors (Lipinski definition) is 2. The third kappa shape index (κ3) is 7.88. The van der Waals surface area contributed by atoms with Gasteiger partial charge in [0.15, 0.2) is 6.10 Å². The molecule has 0 aliphatic heterocycles. The van der Waals surface area contributed by atoms with Gasteiger partial charge in [0.25, 0.3) is 5.91 Å². The van der Waals surface area contributed by atoms with Crippen LogP contribution in [0, 0.1) is 11.8 Å².